The van der Waals surface area contributed by atoms with Gasteiger partial charge in [-0.25, -0.2) is 0 Å². The summed E-state index contributed by atoms with van der Waals surface area (Å²) in [5.41, 5.74) is 1.09. The van der Waals surface area contributed by atoms with Crippen molar-refractivity contribution in [1.82, 2.24) is 20.4 Å². The van der Waals surface area contributed by atoms with Crippen molar-refractivity contribution < 1.29 is 14.3 Å². The van der Waals surface area contributed by atoms with E-state index in [1.165, 1.54) is 0 Å². The van der Waals surface area contributed by atoms with Gasteiger partial charge in [0.1, 0.15) is 6.10 Å². The van der Waals surface area contributed by atoms with Crippen molar-refractivity contribution in [1.29, 1.82) is 0 Å². The smallest absolute Gasteiger partial charge is 0.257 e. The first kappa shape index (κ1) is 18.4. The van der Waals surface area contributed by atoms with Gasteiger partial charge in [0.25, 0.3) is 5.91 Å². The van der Waals surface area contributed by atoms with Crippen LogP contribution in [0.3, 0.4) is 0 Å². The average Bonchev–Trinajstić information content (AvgIpc) is 3.14. The van der Waals surface area contributed by atoms with Gasteiger partial charge >= 0.3 is 0 Å². The minimum atomic E-state index is -0.485. The zero-order chi connectivity index (χ0) is 17.7. The monoisotopic (exact) mass is 336 g/mol. The first-order chi connectivity index (χ1) is 11.4. The number of ether oxygens (including phenoxy) is 1. The Balaban J connectivity index is 1.99. The molecule has 1 aromatic heterocycles. The number of likely N-dealkylation sites (tertiary alicyclic amines) is 1. The molecule has 2 unspecified atom stereocenters. The van der Waals surface area contributed by atoms with Crippen LogP contribution in [-0.2, 0) is 16.0 Å². The maximum Gasteiger partial charge on any atom is 0.257 e. The molecule has 2 heterocycles. The third-order valence-corrected chi connectivity index (χ3v) is 4.42. The number of aryl methyl sites for hydroxylation is 1. The van der Waals surface area contributed by atoms with E-state index in [1.807, 2.05) is 13.8 Å². The number of nitrogens with zero attached hydrogens (tertiary/aromatic N) is 2. The molecule has 0 radical (unpaired) electrons. The molecule has 0 aromatic carbocycles. The Kier molecular flexibility index (Phi) is 5.99. The van der Waals surface area contributed by atoms with Gasteiger partial charge in [-0.05, 0) is 33.6 Å². The van der Waals surface area contributed by atoms with Gasteiger partial charge < -0.3 is 15.0 Å². The lowest BCUT2D eigenvalue weighted by atomic mass is 10.0. The number of rotatable bonds is 7. The van der Waals surface area contributed by atoms with Crippen LogP contribution in [0.15, 0.2) is 6.20 Å². The van der Waals surface area contributed by atoms with Crippen LogP contribution in [-0.4, -0.2) is 58.3 Å². The van der Waals surface area contributed by atoms with E-state index < -0.39 is 11.6 Å². The Labute approximate surface area is 143 Å². The number of hydrogen-bond acceptors (Lipinski definition) is 4. The molecule has 7 nitrogen and oxygen atoms in total. The molecule has 1 aliphatic heterocycles. The van der Waals surface area contributed by atoms with E-state index in [2.05, 4.69) is 22.4 Å². The predicted molar refractivity (Wildman–Crippen MR) is 90.7 cm³/mol. The highest BCUT2D eigenvalue weighted by molar-refractivity contribution is 5.95. The van der Waals surface area contributed by atoms with Crippen molar-refractivity contribution in [2.45, 2.75) is 58.6 Å². The second kappa shape index (κ2) is 7.79. The van der Waals surface area contributed by atoms with E-state index in [9.17, 15) is 9.59 Å². The highest BCUT2D eigenvalue weighted by Crippen LogP contribution is 2.23. The number of carbonyl (C=O) groups excluding carboxylic acids is 2. The van der Waals surface area contributed by atoms with E-state index in [0.29, 0.717) is 25.3 Å². The average molecular weight is 336 g/mol. The van der Waals surface area contributed by atoms with Crippen molar-refractivity contribution in [2.24, 2.45) is 0 Å². The fraction of sp³-hybridized carbons (Fsp3) is 0.706. The van der Waals surface area contributed by atoms with Crippen LogP contribution in [0.2, 0.25) is 0 Å². The van der Waals surface area contributed by atoms with Gasteiger partial charge in [-0.15, -0.1) is 0 Å². The normalized spacial score (nSPS) is 21.8. The molecule has 2 N–H and O–H groups in total. The lowest BCUT2D eigenvalue weighted by Gasteiger charge is -2.27. The molecule has 2 amide bonds. The number of amides is 2. The van der Waals surface area contributed by atoms with Crippen LogP contribution in [0.5, 0.6) is 0 Å². The van der Waals surface area contributed by atoms with Gasteiger partial charge in [-0.1, -0.05) is 13.3 Å². The maximum atomic E-state index is 12.7. The number of nitrogens with one attached hydrogen (secondary N) is 2. The molecule has 0 spiro atoms. The van der Waals surface area contributed by atoms with Crippen molar-refractivity contribution >= 4 is 11.8 Å². The van der Waals surface area contributed by atoms with Gasteiger partial charge in [0.2, 0.25) is 5.91 Å². The van der Waals surface area contributed by atoms with Gasteiger partial charge in [0.05, 0.1) is 17.3 Å². The minimum absolute atomic E-state index is 0.0250. The molecule has 24 heavy (non-hydrogen) atoms. The van der Waals surface area contributed by atoms with Gasteiger partial charge in [0.15, 0.2) is 0 Å². The molecular weight excluding hydrogens is 308 g/mol. The van der Waals surface area contributed by atoms with Crippen LogP contribution in [0.25, 0.3) is 0 Å². The van der Waals surface area contributed by atoms with Crippen molar-refractivity contribution in [2.75, 3.05) is 19.7 Å². The Morgan fingerprint density at radius 3 is 2.92 bits per heavy atom. The minimum Gasteiger partial charge on any atom is -0.369 e. The Morgan fingerprint density at radius 1 is 1.50 bits per heavy atom. The van der Waals surface area contributed by atoms with E-state index in [4.69, 9.17) is 4.74 Å². The van der Waals surface area contributed by atoms with Crippen molar-refractivity contribution in [3.05, 3.63) is 17.5 Å². The summed E-state index contributed by atoms with van der Waals surface area (Å²) in [4.78, 5) is 26.7. The zero-order valence-electron chi connectivity index (χ0n) is 15.0. The summed E-state index contributed by atoms with van der Waals surface area (Å²) in [6.07, 6.45) is 3.59. The third kappa shape index (κ3) is 4.14. The lowest BCUT2D eigenvalue weighted by Crippen LogP contribution is -2.51. The second-order valence-corrected chi connectivity index (χ2v) is 6.64. The predicted octanol–water partition coefficient (Wildman–Crippen LogP) is 1.51. The first-order valence-corrected chi connectivity index (χ1v) is 8.65. The fourth-order valence-corrected chi connectivity index (χ4v) is 3.07. The van der Waals surface area contributed by atoms with Crippen LogP contribution in [0, 0.1) is 0 Å². The highest BCUT2D eigenvalue weighted by atomic mass is 16.5. The highest BCUT2D eigenvalue weighted by Gasteiger charge is 2.38. The molecule has 1 saturated heterocycles. The fourth-order valence-electron chi connectivity index (χ4n) is 3.07. The second-order valence-electron chi connectivity index (χ2n) is 6.64. The molecular formula is C17H28N4O3. The summed E-state index contributed by atoms with van der Waals surface area (Å²) >= 11 is 0. The lowest BCUT2D eigenvalue weighted by molar-refractivity contribution is -0.133. The molecule has 0 bridgehead atoms. The van der Waals surface area contributed by atoms with Gasteiger partial charge in [-0.2, -0.15) is 5.10 Å². The molecule has 2 rings (SSSR count). The summed E-state index contributed by atoms with van der Waals surface area (Å²) in [5, 5.41) is 9.94. The van der Waals surface area contributed by atoms with Crippen molar-refractivity contribution in [3.8, 4) is 0 Å². The largest absolute Gasteiger partial charge is 0.369 e. The number of aromatic nitrogens is 2. The molecule has 7 heteroatoms. The van der Waals surface area contributed by atoms with Gasteiger partial charge in [0, 0.05) is 25.4 Å². The van der Waals surface area contributed by atoms with Crippen LogP contribution >= 0.6 is 0 Å². The quantitative estimate of drug-likeness (QED) is 0.790. The SMILES string of the molecule is CCCc1[nH]ncc1C(=O)N1CCC(C)(NC(=O)C(C)OCC)C1. The number of hydrogen-bond donors (Lipinski definition) is 2. The van der Waals surface area contributed by atoms with Crippen LogP contribution < -0.4 is 5.32 Å². The summed E-state index contributed by atoms with van der Waals surface area (Å²) in [7, 11) is 0. The number of H-pyrrole nitrogens is 1. The van der Waals surface area contributed by atoms with E-state index in [0.717, 1.165) is 25.0 Å². The van der Waals surface area contributed by atoms with E-state index >= 15 is 0 Å². The molecule has 0 aliphatic carbocycles. The van der Waals surface area contributed by atoms with E-state index in [1.54, 1.807) is 18.0 Å². The topological polar surface area (TPSA) is 87.3 Å². The Bertz CT molecular complexity index is 586. The molecule has 1 fully saturated rings. The molecule has 0 saturated carbocycles. The first-order valence-electron chi connectivity index (χ1n) is 8.65. The van der Waals surface area contributed by atoms with Gasteiger partial charge in [-0.3, -0.25) is 14.7 Å². The molecule has 1 aliphatic rings. The summed E-state index contributed by atoms with van der Waals surface area (Å²) in [6.45, 7) is 9.25. The molecule has 1 aromatic rings. The zero-order valence-corrected chi connectivity index (χ0v) is 15.0. The number of aromatic amines is 1. The van der Waals surface area contributed by atoms with Crippen LogP contribution in [0.1, 0.15) is 56.6 Å². The molecule has 134 valence electrons. The molecule has 2 atom stereocenters. The van der Waals surface area contributed by atoms with E-state index in [-0.39, 0.29) is 11.8 Å². The van der Waals surface area contributed by atoms with Crippen molar-refractivity contribution in [3.63, 3.8) is 0 Å². The summed E-state index contributed by atoms with van der Waals surface area (Å²) in [6, 6.07) is 0. The maximum absolute atomic E-state index is 12.7. The standard InChI is InChI=1S/C17H28N4O3/c1-5-7-14-13(10-18-20-14)16(23)21-9-8-17(4,11-21)19-15(22)12(3)24-6-2/h10,12H,5-9,11H2,1-4H3,(H,18,20)(H,19,22). The third-order valence-electron chi connectivity index (χ3n) is 4.42. The number of carbonyl (C=O) groups is 2. The summed E-state index contributed by atoms with van der Waals surface area (Å²) in [5.74, 6) is -0.160. The van der Waals surface area contributed by atoms with Crippen LogP contribution in [0.4, 0.5) is 0 Å². The Morgan fingerprint density at radius 2 is 2.25 bits per heavy atom. The summed E-state index contributed by atoms with van der Waals surface area (Å²) < 4.78 is 5.33. The Hall–Kier alpha value is -1.89.